The van der Waals surface area contributed by atoms with Crippen LogP contribution in [-0.2, 0) is 6.42 Å². The van der Waals surface area contributed by atoms with E-state index in [0.29, 0.717) is 11.7 Å². The lowest BCUT2D eigenvalue weighted by molar-refractivity contribution is 1.25. The van der Waals surface area contributed by atoms with Gasteiger partial charge >= 0.3 is 0 Å². The van der Waals surface area contributed by atoms with Gasteiger partial charge in [0.25, 0.3) is 0 Å². The summed E-state index contributed by atoms with van der Waals surface area (Å²) in [5.74, 6) is 0. The van der Waals surface area contributed by atoms with Crippen molar-refractivity contribution < 1.29 is 0 Å². The number of imidazole rings is 1. The summed E-state index contributed by atoms with van der Waals surface area (Å²) in [5.41, 5.74) is 2.55. The van der Waals surface area contributed by atoms with E-state index in [1.54, 1.807) is 0 Å². The summed E-state index contributed by atoms with van der Waals surface area (Å²) in [5, 5.41) is 8.95. The minimum absolute atomic E-state index is 0.356. The summed E-state index contributed by atoms with van der Waals surface area (Å²) in [7, 11) is 0. The zero-order chi connectivity index (χ0) is 10.1. The Morgan fingerprint density at radius 3 is 3.07 bits per heavy atom. The summed E-state index contributed by atoms with van der Waals surface area (Å²) in [4.78, 5) is 7.02. The molecule has 0 fully saturated rings. The molecule has 0 amide bonds. The first-order chi connectivity index (χ1) is 6.72. The van der Waals surface area contributed by atoms with E-state index >= 15 is 0 Å². The van der Waals surface area contributed by atoms with Crippen LogP contribution >= 0.6 is 27.5 Å². The number of hydrogen-bond donors (Lipinski definition) is 1. The van der Waals surface area contributed by atoms with Crippen LogP contribution in [0.1, 0.15) is 5.56 Å². The van der Waals surface area contributed by atoms with Crippen LogP contribution in [-0.4, -0.2) is 9.97 Å². The lowest BCUT2D eigenvalue weighted by atomic mass is 10.1. The standard InChI is InChI=1S/C9H5BrClN3/c10-7-5(3-4-12)1-2-6-8(7)14-9(11)13-6/h1-2H,3H2,(H,13,14). The van der Waals surface area contributed by atoms with Gasteiger partial charge in [-0.2, -0.15) is 5.26 Å². The van der Waals surface area contributed by atoms with E-state index < -0.39 is 0 Å². The number of halogens is 2. The van der Waals surface area contributed by atoms with Crippen molar-refractivity contribution in [1.82, 2.24) is 9.97 Å². The third-order valence-corrected chi connectivity index (χ3v) is 2.98. The van der Waals surface area contributed by atoms with E-state index in [-0.39, 0.29) is 0 Å². The van der Waals surface area contributed by atoms with Crippen LogP contribution in [0.5, 0.6) is 0 Å². The molecule has 0 saturated carbocycles. The quantitative estimate of drug-likeness (QED) is 0.866. The van der Waals surface area contributed by atoms with Crippen molar-refractivity contribution in [3.05, 3.63) is 27.5 Å². The van der Waals surface area contributed by atoms with Gasteiger partial charge in [0.1, 0.15) is 5.52 Å². The Balaban J connectivity index is 2.69. The highest BCUT2D eigenvalue weighted by molar-refractivity contribution is 9.10. The average molecular weight is 271 g/mol. The molecule has 0 radical (unpaired) electrons. The molecule has 1 aromatic heterocycles. The minimum atomic E-state index is 0.356. The van der Waals surface area contributed by atoms with Gasteiger partial charge in [-0.05, 0) is 39.2 Å². The predicted molar refractivity (Wildman–Crippen MR) is 58.1 cm³/mol. The maximum absolute atomic E-state index is 8.60. The second-order valence-electron chi connectivity index (χ2n) is 2.80. The molecule has 1 N–H and O–H groups in total. The third-order valence-electron chi connectivity index (χ3n) is 1.91. The highest BCUT2D eigenvalue weighted by Crippen LogP contribution is 2.27. The number of nitriles is 1. The van der Waals surface area contributed by atoms with Crippen molar-refractivity contribution in [1.29, 1.82) is 5.26 Å². The van der Waals surface area contributed by atoms with E-state index in [4.69, 9.17) is 16.9 Å². The van der Waals surface area contributed by atoms with Gasteiger partial charge in [-0.3, -0.25) is 0 Å². The molecule has 0 atom stereocenters. The largest absolute Gasteiger partial charge is 0.329 e. The maximum atomic E-state index is 8.60. The number of hydrogen-bond acceptors (Lipinski definition) is 2. The van der Waals surface area contributed by atoms with Crippen molar-refractivity contribution in [2.75, 3.05) is 0 Å². The molecule has 70 valence electrons. The van der Waals surface area contributed by atoms with Gasteiger partial charge in [-0.1, -0.05) is 6.07 Å². The molecule has 5 heteroatoms. The Kier molecular flexibility index (Phi) is 2.44. The van der Waals surface area contributed by atoms with Gasteiger partial charge in [0.2, 0.25) is 5.28 Å². The molecule has 0 saturated heterocycles. The number of nitrogens with one attached hydrogen (secondary N) is 1. The molecule has 2 rings (SSSR count). The fourth-order valence-corrected chi connectivity index (χ4v) is 2.04. The topological polar surface area (TPSA) is 52.5 Å². The Morgan fingerprint density at radius 2 is 2.36 bits per heavy atom. The SMILES string of the molecule is N#CCc1ccc2[nH]c(Cl)nc2c1Br. The number of aromatic nitrogens is 2. The monoisotopic (exact) mass is 269 g/mol. The van der Waals surface area contributed by atoms with Gasteiger partial charge in [-0.15, -0.1) is 0 Å². The normalized spacial score (nSPS) is 10.4. The van der Waals surface area contributed by atoms with Crippen LogP contribution in [0.25, 0.3) is 11.0 Å². The second-order valence-corrected chi connectivity index (χ2v) is 3.95. The molecular weight excluding hydrogens is 265 g/mol. The van der Waals surface area contributed by atoms with Crippen LogP contribution in [0.4, 0.5) is 0 Å². The van der Waals surface area contributed by atoms with Crippen LogP contribution in [0.3, 0.4) is 0 Å². The molecule has 1 heterocycles. The number of rotatable bonds is 1. The first-order valence-electron chi connectivity index (χ1n) is 3.92. The molecule has 0 aliphatic rings. The number of H-pyrrole nitrogens is 1. The molecular formula is C9H5BrClN3. The van der Waals surface area contributed by atoms with Gasteiger partial charge in [-0.25, -0.2) is 4.98 Å². The van der Waals surface area contributed by atoms with E-state index in [0.717, 1.165) is 21.1 Å². The van der Waals surface area contributed by atoms with E-state index in [1.165, 1.54) is 0 Å². The molecule has 0 spiro atoms. The summed E-state index contributed by atoms with van der Waals surface area (Å²) >= 11 is 9.14. The smallest absolute Gasteiger partial charge is 0.201 e. The Hall–Kier alpha value is -1.05. The number of aromatic amines is 1. The minimum Gasteiger partial charge on any atom is -0.329 e. The fourth-order valence-electron chi connectivity index (χ4n) is 1.28. The Bertz CT molecular complexity index is 527. The van der Waals surface area contributed by atoms with Gasteiger partial charge in [0.15, 0.2) is 0 Å². The van der Waals surface area contributed by atoms with Crippen LogP contribution < -0.4 is 0 Å². The summed E-state index contributed by atoms with van der Waals surface area (Å²) in [6.07, 6.45) is 0.362. The predicted octanol–water partition coefficient (Wildman–Crippen LogP) is 3.04. The van der Waals surface area contributed by atoms with Crippen molar-refractivity contribution in [2.45, 2.75) is 6.42 Å². The van der Waals surface area contributed by atoms with Crippen LogP contribution in [0, 0.1) is 11.3 Å². The van der Waals surface area contributed by atoms with Crippen molar-refractivity contribution in [3.63, 3.8) is 0 Å². The van der Waals surface area contributed by atoms with E-state index in [2.05, 4.69) is 32.0 Å². The summed E-state index contributed by atoms with van der Waals surface area (Å²) in [6.45, 7) is 0. The van der Waals surface area contributed by atoms with Crippen LogP contribution in [0.15, 0.2) is 16.6 Å². The maximum Gasteiger partial charge on any atom is 0.201 e. The molecule has 0 aliphatic carbocycles. The average Bonchev–Trinajstić information content (AvgIpc) is 2.52. The molecule has 0 unspecified atom stereocenters. The van der Waals surface area contributed by atoms with E-state index in [1.807, 2.05) is 12.1 Å². The first kappa shape index (κ1) is 9.50. The second kappa shape index (κ2) is 3.60. The Labute approximate surface area is 93.8 Å². The van der Waals surface area contributed by atoms with Crippen molar-refractivity contribution in [3.8, 4) is 6.07 Å². The number of benzene rings is 1. The number of nitrogens with zero attached hydrogens (tertiary/aromatic N) is 2. The molecule has 1 aromatic carbocycles. The molecule has 3 nitrogen and oxygen atoms in total. The molecule has 0 aliphatic heterocycles. The zero-order valence-corrected chi connectivity index (χ0v) is 9.35. The van der Waals surface area contributed by atoms with Crippen molar-refractivity contribution in [2.24, 2.45) is 0 Å². The van der Waals surface area contributed by atoms with Gasteiger partial charge in [0, 0.05) is 4.47 Å². The molecule has 2 aromatic rings. The zero-order valence-electron chi connectivity index (χ0n) is 7.01. The number of fused-ring (bicyclic) bond motifs is 1. The lowest BCUT2D eigenvalue weighted by Gasteiger charge is -1.98. The highest BCUT2D eigenvalue weighted by Gasteiger charge is 2.08. The van der Waals surface area contributed by atoms with Gasteiger partial charge in [0.05, 0.1) is 18.0 Å². The van der Waals surface area contributed by atoms with Crippen LogP contribution in [0.2, 0.25) is 5.28 Å². The van der Waals surface area contributed by atoms with Gasteiger partial charge < -0.3 is 4.98 Å². The lowest BCUT2D eigenvalue weighted by Crippen LogP contribution is -1.84. The van der Waals surface area contributed by atoms with Crippen molar-refractivity contribution >= 4 is 38.6 Å². The Morgan fingerprint density at radius 1 is 1.57 bits per heavy atom. The summed E-state index contributed by atoms with van der Waals surface area (Å²) < 4.78 is 0.833. The highest BCUT2D eigenvalue weighted by atomic mass is 79.9. The fraction of sp³-hybridized carbons (Fsp3) is 0.111. The third kappa shape index (κ3) is 1.49. The summed E-state index contributed by atoms with van der Waals surface area (Å²) in [6, 6.07) is 5.84. The molecule has 14 heavy (non-hydrogen) atoms. The van der Waals surface area contributed by atoms with E-state index in [9.17, 15) is 0 Å². The first-order valence-corrected chi connectivity index (χ1v) is 5.09. The molecule has 0 bridgehead atoms.